The summed E-state index contributed by atoms with van der Waals surface area (Å²) in [6, 6.07) is 7.54. The Kier molecular flexibility index (Phi) is 4.15. The molecule has 3 aromatic rings. The zero-order valence-corrected chi connectivity index (χ0v) is 12.5. The highest BCUT2D eigenvalue weighted by molar-refractivity contribution is 5.84. The largest absolute Gasteiger partial charge is 0.354 e. The number of pyridine rings is 2. The van der Waals surface area contributed by atoms with Crippen molar-refractivity contribution in [3.8, 4) is 0 Å². The van der Waals surface area contributed by atoms with Crippen molar-refractivity contribution in [2.45, 2.75) is 0 Å². The van der Waals surface area contributed by atoms with Crippen LogP contribution in [0.3, 0.4) is 0 Å². The molecule has 0 unspecified atom stereocenters. The van der Waals surface area contributed by atoms with Gasteiger partial charge in [-0.15, -0.1) is 0 Å². The summed E-state index contributed by atoms with van der Waals surface area (Å²) < 4.78 is 0. The van der Waals surface area contributed by atoms with Crippen molar-refractivity contribution in [2.75, 3.05) is 10.6 Å². The molecule has 0 aromatic carbocycles. The Labute approximate surface area is 134 Å². The van der Waals surface area contributed by atoms with Crippen LogP contribution in [0.25, 0.3) is 11.4 Å². The van der Waals surface area contributed by atoms with Gasteiger partial charge in [-0.1, -0.05) is 13.2 Å². The van der Waals surface area contributed by atoms with Gasteiger partial charge in [-0.05, 0) is 24.3 Å². The topological polar surface area (TPSA) is 78.5 Å². The zero-order valence-electron chi connectivity index (χ0n) is 12.5. The Hall–Kier alpha value is -3.41. The van der Waals surface area contributed by atoms with Crippen molar-refractivity contribution in [2.24, 2.45) is 0 Å². The minimum absolute atomic E-state index is 0.680. The molecule has 23 heavy (non-hydrogen) atoms. The first-order chi connectivity index (χ1) is 11.2. The number of nitrogens with one attached hydrogen (secondary N) is 3. The van der Waals surface area contributed by atoms with Gasteiger partial charge in [-0.3, -0.25) is 15.1 Å². The zero-order chi connectivity index (χ0) is 16.1. The fourth-order valence-corrected chi connectivity index (χ4v) is 2.10. The van der Waals surface area contributed by atoms with Crippen molar-refractivity contribution in [3.05, 3.63) is 79.7 Å². The van der Waals surface area contributed by atoms with Crippen molar-refractivity contribution >= 4 is 22.8 Å². The van der Waals surface area contributed by atoms with E-state index in [1.807, 2.05) is 24.3 Å². The van der Waals surface area contributed by atoms with Gasteiger partial charge in [-0.2, -0.15) is 5.10 Å². The molecule has 0 saturated carbocycles. The maximum atomic E-state index is 4.09. The molecule has 0 aliphatic rings. The summed E-state index contributed by atoms with van der Waals surface area (Å²) >= 11 is 0. The maximum absolute atomic E-state index is 4.09. The van der Waals surface area contributed by atoms with Crippen LogP contribution in [0, 0.1) is 0 Å². The lowest BCUT2D eigenvalue weighted by Crippen LogP contribution is -2.03. The second kappa shape index (κ2) is 6.57. The van der Waals surface area contributed by atoms with Gasteiger partial charge in [0, 0.05) is 23.7 Å². The number of H-pyrrole nitrogens is 1. The summed E-state index contributed by atoms with van der Waals surface area (Å²) in [5.74, 6) is 0. The predicted molar refractivity (Wildman–Crippen MR) is 92.4 cm³/mol. The maximum Gasteiger partial charge on any atom is 0.0899 e. The second-order valence-electron chi connectivity index (χ2n) is 4.85. The molecule has 3 aromatic heterocycles. The number of aromatic amines is 1. The molecule has 3 N–H and O–H groups in total. The van der Waals surface area contributed by atoms with E-state index in [4.69, 9.17) is 0 Å². The van der Waals surface area contributed by atoms with Crippen molar-refractivity contribution in [3.63, 3.8) is 0 Å². The molecule has 0 fully saturated rings. The Bertz CT molecular complexity index is 739. The monoisotopic (exact) mass is 304 g/mol. The van der Waals surface area contributed by atoms with E-state index in [1.54, 1.807) is 31.0 Å². The summed E-state index contributed by atoms with van der Waals surface area (Å²) in [4.78, 5) is 8.13. The van der Waals surface area contributed by atoms with E-state index in [2.05, 4.69) is 44.0 Å². The summed E-state index contributed by atoms with van der Waals surface area (Å²) in [5, 5.41) is 13.4. The van der Waals surface area contributed by atoms with Crippen LogP contribution >= 0.6 is 0 Å². The highest BCUT2D eigenvalue weighted by Gasteiger charge is 2.12. The third-order valence-electron chi connectivity index (χ3n) is 3.18. The Morgan fingerprint density at radius 3 is 2.04 bits per heavy atom. The minimum atomic E-state index is 0.680. The van der Waals surface area contributed by atoms with Crippen LogP contribution in [0.15, 0.2) is 68.4 Å². The highest BCUT2D eigenvalue weighted by Crippen LogP contribution is 2.23. The normalized spacial score (nSPS) is 10.1. The smallest absolute Gasteiger partial charge is 0.0899 e. The lowest BCUT2D eigenvalue weighted by molar-refractivity contribution is 1.07. The number of hydrogen-bond donors (Lipinski definition) is 3. The van der Waals surface area contributed by atoms with Gasteiger partial charge in [0.2, 0.25) is 0 Å². The van der Waals surface area contributed by atoms with Gasteiger partial charge in [0.25, 0.3) is 0 Å². The molecule has 0 aliphatic carbocycles. The number of rotatable bonds is 6. The molecule has 0 amide bonds. The second-order valence-corrected chi connectivity index (χ2v) is 4.85. The molecule has 3 heterocycles. The third kappa shape index (κ3) is 3.44. The molecule has 0 atom stereocenters. The summed E-state index contributed by atoms with van der Waals surface area (Å²) in [6.07, 6.45) is 8.60. The molecular weight excluding hydrogens is 288 g/mol. The standard InChI is InChI=1S/C17H16N6/c1-12(21-14-5-3-7-18-9-14)16-11-20-23-17(16)13(2)22-15-6-4-8-19-10-15/h3-11,21-22H,1-2H2,(H,20,23). The van der Waals surface area contributed by atoms with Crippen LogP contribution in [0.2, 0.25) is 0 Å². The van der Waals surface area contributed by atoms with Gasteiger partial charge in [0.1, 0.15) is 0 Å². The molecule has 0 bridgehead atoms. The van der Waals surface area contributed by atoms with Gasteiger partial charge in [-0.25, -0.2) is 0 Å². The quantitative estimate of drug-likeness (QED) is 0.651. The molecule has 114 valence electrons. The highest BCUT2D eigenvalue weighted by atomic mass is 15.1. The molecule has 0 radical (unpaired) electrons. The van der Waals surface area contributed by atoms with Crippen LogP contribution in [-0.2, 0) is 0 Å². The first-order valence-corrected chi connectivity index (χ1v) is 7.00. The molecule has 0 saturated heterocycles. The Morgan fingerprint density at radius 1 is 0.870 bits per heavy atom. The van der Waals surface area contributed by atoms with E-state index in [1.165, 1.54) is 0 Å². The third-order valence-corrected chi connectivity index (χ3v) is 3.18. The summed E-state index contributed by atoms with van der Waals surface area (Å²) in [7, 11) is 0. The van der Waals surface area contributed by atoms with Crippen LogP contribution < -0.4 is 10.6 Å². The van der Waals surface area contributed by atoms with E-state index < -0.39 is 0 Å². The molecule has 6 heteroatoms. The molecule has 0 aliphatic heterocycles. The summed E-state index contributed by atoms with van der Waals surface area (Å²) in [6.45, 7) is 8.11. The number of anilines is 2. The van der Waals surface area contributed by atoms with E-state index >= 15 is 0 Å². The van der Waals surface area contributed by atoms with E-state index in [9.17, 15) is 0 Å². The minimum Gasteiger partial charge on any atom is -0.354 e. The van der Waals surface area contributed by atoms with Gasteiger partial charge >= 0.3 is 0 Å². The van der Waals surface area contributed by atoms with Crippen LogP contribution in [0.4, 0.5) is 11.4 Å². The lowest BCUT2D eigenvalue weighted by Gasteiger charge is -2.12. The number of hydrogen-bond acceptors (Lipinski definition) is 5. The van der Waals surface area contributed by atoms with Gasteiger partial charge in [0.15, 0.2) is 0 Å². The number of nitrogens with zero attached hydrogens (tertiary/aromatic N) is 3. The van der Waals surface area contributed by atoms with E-state index in [0.29, 0.717) is 11.4 Å². The lowest BCUT2D eigenvalue weighted by atomic mass is 10.1. The molecule has 3 rings (SSSR count). The predicted octanol–water partition coefficient (Wildman–Crippen LogP) is 3.37. The fourth-order valence-electron chi connectivity index (χ4n) is 2.10. The van der Waals surface area contributed by atoms with Crippen molar-refractivity contribution < 1.29 is 0 Å². The average Bonchev–Trinajstić information content (AvgIpc) is 3.06. The van der Waals surface area contributed by atoms with Gasteiger partial charge in [0.05, 0.1) is 41.4 Å². The molecule has 6 nitrogen and oxygen atoms in total. The molecule has 0 spiro atoms. The van der Waals surface area contributed by atoms with E-state index in [-0.39, 0.29) is 0 Å². The van der Waals surface area contributed by atoms with Crippen molar-refractivity contribution in [1.29, 1.82) is 0 Å². The van der Waals surface area contributed by atoms with Crippen molar-refractivity contribution in [1.82, 2.24) is 20.2 Å². The van der Waals surface area contributed by atoms with Crippen LogP contribution in [0.1, 0.15) is 11.3 Å². The Balaban J connectivity index is 1.76. The van der Waals surface area contributed by atoms with Crippen LogP contribution in [-0.4, -0.2) is 20.2 Å². The molecular formula is C17H16N6. The van der Waals surface area contributed by atoms with E-state index in [0.717, 1.165) is 22.6 Å². The first kappa shape index (κ1) is 14.5. The van der Waals surface area contributed by atoms with Gasteiger partial charge < -0.3 is 10.6 Å². The average molecular weight is 304 g/mol. The fraction of sp³-hybridized carbons (Fsp3) is 0. The first-order valence-electron chi connectivity index (χ1n) is 7.00. The summed E-state index contributed by atoms with van der Waals surface area (Å²) in [5.41, 5.74) is 4.68. The Morgan fingerprint density at radius 2 is 1.48 bits per heavy atom. The SMILES string of the molecule is C=C(Nc1cccnc1)c1cn[nH]c1C(=C)Nc1cccnc1. The van der Waals surface area contributed by atoms with Crippen LogP contribution in [0.5, 0.6) is 0 Å². The number of aromatic nitrogens is 4.